The summed E-state index contributed by atoms with van der Waals surface area (Å²) in [4.78, 5) is 16.4. The second-order valence-corrected chi connectivity index (χ2v) is 5.30. The molecule has 0 spiro atoms. The Morgan fingerprint density at radius 3 is 2.76 bits per heavy atom. The molecule has 2 heterocycles. The number of hydrogen-bond donors (Lipinski definition) is 1. The monoisotopic (exact) mass is 311 g/mol. The van der Waals surface area contributed by atoms with Gasteiger partial charge in [0.05, 0.1) is 5.69 Å². The quantitative estimate of drug-likeness (QED) is 0.791. The van der Waals surface area contributed by atoms with Crippen molar-refractivity contribution in [2.24, 2.45) is 7.05 Å². The average molecular weight is 312 g/mol. The molecule has 0 aromatic carbocycles. The summed E-state index contributed by atoms with van der Waals surface area (Å²) in [5, 5.41) is 7.31. The summed E-state index contributed by atoms with van der Waals surface area (Å²) in [7, 11) is 1.91. The zero-order chi connectivity index (χ0) is 15.4. The van der Waals surface area contributed by atoms with Crippen molar-refractivity contribution < 1.29 is 4.79 Å². The van der Waals surface area contributed by atoms with Crippen LogP contribution in [0.3, 0.4) is 0 Å². The molecule has 7 heteroatoms. The first-order valence-corrected chi connectivity index (χ1v) is 7.89. The number of imidazole rings is 1. The first-order valence-electron chi connectivity index (χ1n) is 7.35. The fraction of sp³-hybridized carbons (Fsp3) is 0.643. The number of nitrogens with zero attached hydrogens (tertiary/aromatic N) is 4. The van der Waals surface area contributed by atoms with Crippen LogP contribution in [-0.2, 0) is 31.2 Å². The lowest BCUT2D eigenvalue weighted by atomic mass is 10.3. The Morgan fingerprint density at radius 2 is 2.14 bits per heavy atom. The molecule has 0 radical (unpaired) electrons. The Kier molecular flexibility index (Phi) is 5.22. The predicted octanol–water partition coefficient (Wildman–Crippen LogP) is 1.64. The molecule has 0 atom stereocenters. The van der Waals surface area contributed by atoms with Gasteiger partial charge in [0.2, 0.25) is 5.91 Å². The van der Waals surface area contributed by atoms with E-state index in [2.05, 4.69) is 26.9 Å². The van der Waals surface area contributed by atoms with Gasteiger partial charge in [-0.05, 0) is 13.3 Å². The van der Waals surface area contributed by atoms with Gasteiger partial charge in [-0.15, -0.1) is 11.6 Å². The van der Waals surface area contributed by atoms with Crippen molar-refractivity contribution in [3.8, 4) is 0 Å². The molecule has 0 aliphatic rings. The number of carbonyl (C=O) groups excluding carboxylic acids is 1. The van der Waals surface area contributed by atoms with E-state index in [1.165, 1.54) is 0 Å². The fourth-order valence-corrected chi connectivity index (χ4v) is 2.70. The highest BCUT2D eigenvalue weighted by molar-refractivity contribution is 6.17. The molecule has 0 aliphatic heterocycles. The Morgan fingerprint density at radius 1 is 1.38 bits per heavy atom. The van der Waals surface area contributed by atoms with Crippen LogP contribution in [0.25, 0.3) is 11.2 Å². The van der Waals surface area contributed by atoms with Crippen LogP contribution >= 0.6 is 11.6 Å². The van der Waals surface area contributed by atoms with E-state index < -0.39 is 0 Å². The first-order chi connectivity index (χ1) is 10.1. The third-order valence-electron chi connectivity index (χ3n) is 3.46. The predicted molar refractivity (Wildman–Crippen MR) is 83.6 cm³/mol. The van der Waals surface area contributed by atoms with Crippen LogP contribution in [0.5, 0.6) is 0 Å². The molecule has 1 N–H and O–H groups in total. The standard InChI is InChI=1S/C14H22ClN5O/c1-4-10-13-14(19(3)18-10)20(11(17-13)6-8-15)9-7-12(21)16-5-2/h4-9H2,1-3H3,(H,16,21). The average Bonchev–Trinajstić information content (AvgIpc) is 2.95. The Labute approximate surface area is 129 Å². The van der Waals surface area contributed by atoms with Crippen LogP contribution in [0.4, 0.5) is 0 Å². The number of halogens is 1. The summed E-state index contributed by atoms with van der Waals surface area (Å²) in [6, 6.07) is 0. The van der Waals surface area contributed by atoms with Crippen molar-refractivity contribution in [3.05, 3.63) is 11.5 Å². The topological polar surface area (TPSA) is 64.7 Å². The van der Waals surface area contributed by atoms with Gasteiger partial charge in [0.25, 0.3) is 0 Å². The van der Waals surface area contributed by atoms with Crippen molar-refractivity contribution in [3.63, 3.8) is 0 Å². The summed E-state index contributed by atoms with van der Waals surface area (Å²) < 4.78 is 3.91. The molecule has 116 valence electrons. The van der Waals surface area contributed by atoms with Crippen molar-refractivity contribution in [2.45, 2.75) is 39.7 Å². The van der Waals surface area contributed by atoms with Crippen LogP contribution in [0.1, 0.15) is 31.8 Å². The van der Waals surface area contributed by atoms with Gasteiger partial charge in [0.15, 0.2) is 5.65 Å². The van der Waals surface area contributed by atoms with Crippen LogP contribution in [0.2, 0.25) is 0 Å². The second-order valence-electron chi connectivity index (χ2n) is 4.92. The molecule has 0 saturated carbocycles. The van der Waals surface area contributed by atoms with Crippen molar-refractivity contribution >= 4 is 28.7 Å². The molecule has 1 amide bonds. The Hall–Kier alpha value is -1.56. The number of aromatic nitrogens is 4. The molecule has 2 aromatic heterocycles. The maximum atomic E-state index is 11.7. The highest BCUT2D eigenvalue weighted by Crippen LogP contribution is 2.21. The van der Waals surface area contributed by atoms with Crippen LogP contribution in [0.15, 0.2) is 0 Å². The van der Waals surface area contributed by atoms with Crippen molar-refractivity contribution in [1.82, 2.24) is 24.6 Å². The van der Waals surface area contributed by atoms with E-state index in [0.717, 1.165) is 29.1 Å². The first kappa shape index (κ1) is 15.8. The zero-order valence-corrected chi connectivity index (χ0v) is 13.6. The van der Waals surface area contributed by atoms with Gasteiger partial charge < -0.3 is 9.88 Å². The highest BCUT2D eigenvalue weighted by Gasteiger charge is 2.18. The fourth-order valence-electron chi connectivity index (χ4n) is 2.53. The summed E-state index contributed by atoms with van der Waals surface area (Å²) >= 11 is 5.87. The second kappa shape index (κ2) is 6.93. The Balaban J connectivity index is 2.36. The molecule has 2 rings (SSSR count). The van der Waals surface area contributed by atoms with Gasteiger partial charge in [-0.25, -0.2) is 4.98 Å². The smallest absolute Gasteiger partial charge is 0.221 e. The normalized spacial score (nSPS) is 11.2. The zero-order valence-electron chi connectivity index (χ0n) is 12.8. The maximum Gasteiger partial charge on any atom is 0.221 e. The van der Waals surface area contributed by atoms with Crippen molar-refractivity contribution in [1.29, 1.82) is 0 Å². The number of fused-ring (bicyclic) bond motifs is 1. The minimum absolute atomic E-state index is 0.0501. The van der Waals surface area contributed by atoms with E-state index in [4.69, 9.17) is 11.6 Å². The van der Waals surface area contributed by atoms with Crippen molar-refractivity contribution in [2.75, 3.05) is 12.4 Å². The van der Waals surface area contributed by atoms with Crippen LogP contribution in [0, 0.1) is 0 Å². The number of hydrogen-bond acceptors (Lipinski definition) is 3. The number of carbonyl (C=O) groups is 1. The molecule has 0 aliphatic carbocycles. The van der Waals surface area contributed by atoms with E-state index in [9.17, 15) is 4.79 Å². The van der Waals surface area contributed by atoms with Gasteiger partial charge >= 0.3 is 0 Å². The number of aryl methyl sites for hydroxylation is 4. The lowest BCUT2D eigenvalue weighted by Gasteiger charge is -2.09. The molecule has 0 fully saturated rings. The molecule has 0 unspecified atom stereocenters. The van der Waals surface area contributed by atoms with Crippen LogP contribution in [-0.4, -0.2) is 37.7 Å². The summed E-state index contributed by atoms with van der Waals surface area (Å²) in [5.41, 5.74) is 2.88. The minimum atomic E-state index is 0.0501. The molecule has 2 aromatic rings. The maximum absolute atomic E-state index is 11.7. The SMILES string of the molecule is CCNC(=O)CCn1c(CCCl)nc2c(CC)nn(C)c21. The summed E-state index contributed by atoms with van der Waals surface area (Å²) in [6.45, 7) is 5.23. The molecule has 6 nitrogen and oxygen atoms in total. The molecule has 0 bridgehead atoms. The van der Waals surface area contributed by atoms with E-state index in [0.29, 0.717) is 31.8 Å². The van der Waals surface area contributed by atoms with E-state index in [1.54, 1.807) is 0 Å². The van der Waals surface area contributed by atoms with Crippen LogP contribution < -0.4 is 5.32 Å². The van der Waals surface area contributed by atoms with E-state index >= 15 is 0 Å². The largest absolute Gasteiger partial charge is 0.356 e. The van der Waals surface area contributed by atoms with E-state index in [1.807, 2.05) is 18.7 Å². The number of nitrogens with one attached hydrogen (secondary N) is 1. The summed E-state index contributed by atoms with van der Waals surface area (Å²) in [6.07, 6.45) is 1.96. The van der Waals surface area contributed by atoms with Gasteiger partial charge in [-0.3, -0.25) is 9.48 Å². The van der Waals surface area contributed by atoms with Gasteiger partial charge in [0, 0.05) is 38.9 Å². The lowest BCUT2D eigenvalue weighted by molar-refractivity contribution is -0.121. The molecular weight excluding hydrogens is 290 g/mol. The van der Waals surface area contributed by atoms with Gasteiger partial charge in [0.1, 0.15) is 11.3 Å². The third-order valence-corrected chi connectivity index (χ3v) is 3.65. The highest BCUT2D eigenvalue weighted by atomic mass is 35.5. The Bertz CT molecular complexity index is 631. The minimum Gasteiger partial charge on any atom is -0.356 e. The summed E-state index contributed by atoms with van der Waals surface area (Å²) in [5.74, 6) is 1.49. The number of amides is 1. The van der Waals surface area contributed by atoms with Gasteiger partial charge in [-0.1, -0.05) is 6.92 Å². The lowest BCUT2D eigenvalue weighted by Crippen LogP contribution is -2.24. The van der Waals surface area contributed by atoms with E-state index in [-0.39, 0.29) is 5.91 Å². The third kappa shape index (κ3) is 3.20. The van der Waals surface area contributed by atoms with Gasteiger partial charge in [-0.2, -0.15) is 5.10 Å². The molecular formula is C14H22ClN5O. The number of rotatable bonds is 7. The molecule has 0 saturated heterocycles. The molecule has 21 heavy (non-hydrogen) atoms. The number of alkyl halides is 1.